The fraction of sp³-hybridized carbons (Fsp3) is 0.280. The van der Waals surface area contributed by atoms with Crippen LogP contribution in [0.15, 0.2) is 47.0 Å². The summed E-state index contributed by atoms with van der Waals surface area (Å²) in [4.78, 5) is 0. The second kappa shape index (κ2) is 6.80. The second-order valence-electron chi connectivity index (χ2n) is 7.60. The van der Waals surface area contributed by atoms with Gasteiger partial charge in [0.05, 0.1) is 17.2 Å². The number of nitrogens with zero attached hydrogens (tertiary/aromatic N) is 2. The molecule has 4 rings (SSSR count). The maximum Gasteiger partial charge on any atom is 0.216 e. The van der Waals surface area contributed by atoms with Crippen LogP contribution in [0.1, 0.15) is 40.2 Å². The van der Waals surface area contributed by atoms with Crippen LogP contribution in [-0.4, -0.2) is 0 Å². The van der Waals surface area contributed by atoms with Crippen LogP contribution in [0.2, 0.25) is 0 Å². The lowest BCUT2D eigenvalue weighted by Crippen LogP contribution is -2.31. The summed E-state index contributed by atoms with van der Waals surface area (Å²) < 4.78 is 33.6. The number of furan rings is 1. The van der Waals surface area contributed by atoms with E-state index in [1.54, 1.807) is 23.7 Å². The highest BCUT2D eigenvalue weighted by atomic mass is 16.3. The van der Waals surface area contributed by atoms with E-state index in [0.717, 1.165) is 27.5 Å². The molecule has 0 N–H and O–H groups in total. The van der Waals surface area contributed by atoms with Crippen LogP contribution in [0.5, 0.6) is 0 Å². The minimum Gasteiger partial charge on any atom is -0.455 e. The Morgan fingerprint density at radius 3 is 2.68 bits per heavy atom. The van der Waals surface area contributed by atoms with E-state index in [0.29, 0.717) is 28.0 Å². The molecule has 2 aromatic carbocycles. The maximum absolute atomic E-state index is 9.64. The Bertz CT molecular complexity index is 1390. The Hall–Kier alpha value is -3.12. The molecule has 0 radical (unpaired) electrons. The van der Waals surface area contributed by atoms with Crippen LogP contribution < -0.4 is 4.57 Å². The van der Waals surface area contributed by atoms with E-state index in [4.69, 9.17) is 8.53 Å². The van der Waals surface area contributed by atoms with Gasteiger partial charge >= 0.3 is 0 Å². The van der Waals surface area contributed by atoms with Crippen molar-refractivity contribution in [1.29, 1.82) is 5.26 Å². The smallest absolute Gasteiger partial charge is 0.216 e. The van der Waals surface area contributed by atoms with Gasteiger partial charge < -0.3 is 4.42 Å². The van der Waals surface area contributed by atoms with Crippen LogP contribution in [0.4, 0.5) is 0 Å². The third-order valence-electron chi connectivity index (χ3n) is 5.06. The molecule has 0 saturated carbocycles. The van der Waals surface area contributed by atoms with Gasteiger partial charge in [-0.05, 0) is 55.0 Å². The number of pyridine rings is 1. The van der Waals surface area contributed by atoms with Crippen molar-refractivity contribution in [3.05, 3.63) is 64.8 Å². The largest absolute Gasteiger partial charge is 0.455 e. The lowest BCUT2D eigenvalue weighted by atomic mass is 9.94. The number of aromatic nitrogens is 1. The summed E-state index contributed by atoms with van der Waals surface area (Å²) in [5, 5.41) is 11.3. The predicted molar refractivity (Wildman–Crippen MR) is 113 cm³/mol. The van der Waals surface area contributed by atoms with Gasteiger partial charge in [-0.2, -0.15) is 5.26 Å². The summed E-state index contributed by atoms with van der Waals surface area (Å²) in [5.74, 6) is -0.240. The number of rotatable bonds is 3. The second-order valence-corrected chi connectivity index (χ2v) is 7.60. The van der Waals surface area contributed by atoms with E-state index in [1.165, 1.54) is 0 Å². The topological polar surface area (TPSA) is 40.8 Å². The van der Waals surface area contributed by atoms with E-state index in [2.05, 4.69) is 12.1 Å². The third-order valence-corrected chi connectivity index (χ3v) is 5.06. The van der Waals surface area contributed by atoms with Crippen molar-refractivity contribution in [1.82, 2.24) is 0 Å². The highest BCUT2D eigenvalue weighted by Crippen LogP contribution is 2.40. The van der Waals surface area contributed by atoms with Gasteiger partial charge in [-0.1, -0.05) is 26.0 Å². The van der Waals surface area contributed by atoms with Crippen LogP contribution in [0.3, 0.4) is 0 Å². The molecule has 3 heteroatoms. The molecule has 0 aliphatic carbocycles. The summed E-state index contributed by atoms with van der Waals surface area (Å²) in [6.45, 7) is 7.68. The lowest BCUT2D eigenvalue weighted by molar-refractivity contribution is -0.660. The maximum atomic E-state index is 9.64. The first-order valence-electron chi connectivity index (χ1n) is 10.9. The molecular weight excluding hydrogens is 344 g/mol. The molecule has 28 heavy (non-hydrogen) atoms. The van der Waals surface area contributed by atoms with Crippen molar-refractivity contribution < 1.29 is 13.1 Å². The zero-order valence-electron chi connectivity index (χ0n) is 19.8. The molecule has 0 fully saturated rings. The normalized spacial score (nSPS) is 13.5. The van der Waals surface area contributed by atoms with Gasteiger partial charge in [0.25, 0.3) is 0 Å². The van der Waals surface area contributed by atoms with Crippen molar-refractivity contribution in [3.63, 3.8) is 0 Å². The van der Waals surface area contributed by atoms with Crippen molar-refractivity contribution in [2.24, 2.45) is 13.0 Å². The average molecular weight is 373 g/mol. The average Bonchev–Trinajstić information content (AvgIpc) is 3.10. The van der Waals surface area contributed by atoms with E-state index in [1.807, 2.05) is 45.9 Å². The molecule has 0 spiro atoms. The molecular formula is C25H25N2O+. The van der Waals surface area contributed by atoms with Gasteiger partial charge in [-0.3, -0.25) is 0 Å². The molecule has 2 heterocycles. The minimum absolute atomic E-state index is 0.221. The van der Waals surface area contributed by atoms with Gasteiger partial charge in [0.15, 0.2) is 6.17 Å². The van der Waals surface area contributed by atoms with Crippen molar-refractivity contribution in [2.45, 2.75) is 34.1 Å². The van der Waals surface area contributed by atoms with Gasteiger partial charge in [0, 0.05) is 25.6 Å². The van der Waals surface area contributed by atoms with Crippen LogP contribution in [0.25, 0.3) is 33.2 Å². The van der Waals surface area contributed by atoms with Crippen molar-refractivity contribution in [3.8, 4) is 17.3 Å². The van der Waals surface area contributed by atoms with Crippen LogP contribution in [-0.2, 0) is 13.4 Å². The zero-order valence-corrected chi connectivity index (χ0v) is 16.8. The Labute approximate surface area is 170 Å². The van der Waals surface area contributed by atoms with Crippen molar-refractivity contribution in [2.75, 3.05) is 0 Å². The van der Waals surface area contributed by atoms with Crippen LogP contribution >= 0.6 is 0 Å². The molecule has 2 aromatic heterocycles. The van der Waals surface area contributed by atoms with E-state index in [-0.39, 0.29) is 12.1 Å². The van der Waals surface area contributed by atoms with Gasteiger partial charge in [0.1, 0.15) is 19.6 Å². The Balaban J connectivity index is 2.15. The first kappa shape index (κ1) is 14.9. The number of benzene rings is 2. The fourth-order valence-electron chi connectivity index (χ4n) is 3.94. The number of fused-ring (bicyclic) bond motifs is 3. The first-order valence-corrected chi connectivity index (χ1v) is 9.45. The van der Waals surface area contributed by atoms with Gasteiger partial charge in [0.2, 0.25) is 5.69 Å². The molecule has 140 valence electrons. The van der Waals surface area contributed by atoms with E-state index < -0.39 is 6.37 Å². The zero-order chi connectivity index (χ0) is 22.7. The Morgan fingerprint density at radius 1 is 1.18 bits per heavy atom. The molecule has 0 aliphatic rings. The lowest BCUT2D eigenvalue weighted by Gasteiger charge is -2.10. The summed E-state index contributed by atoms with van der Waals surface area (Å²) in [5.41, 5.74) is 5.86. The highest BCUT2D eigenvalue weighted by molar-refractivity contribution is 6.13. The summed E-state index contributed by atoms with van der Waals surface area (Å²) >= 11 is 0. The number of aryl methyl sites for hydroxylation is 2. The number of nitriles is 1. The minimum atomic E-state index is -1.57. The summed E-state index contributed by atoms with van der Waals surface area (Å²) in [7, 11) is 1.81. The van der Waals surface area contributed by atoms with Gasteiger partial charge in [-0.15, -0.1) is 0 Å². The monoisotopic (exact) mass is 372 g/mol. The molecule has 0 atom stereocenters. The molecule has 3 nitrogen and oxygen atoms in total. The third kappa shape index (κ3) is 2.86. The first-order chi connectivity index (χ1) is 14.6. The summed E-state index contributed by atoms with van der Waals surface area (Å²) in [6.07, 6.45) is -1.35. The van der Waals surface area contributed by atoms with Crippen LogP contribution in [0, 0.1) is 31.1 Å². The Morgan fingerprint density at radius 2 is 1.96 bits per heavy atom. The molecule has 0 unspecified atom stereocenters. The van der Waals surface area contributed by atoms with Gasteiger partial charge in [-0.25, -0.2) is 4.57 Å². The molecule has 0 aliphatic heterocycles. The fourth-order valence-corrected chi connectivity index (χ4v) is 3.94. The number of hydrogen-bond acceptors (Lipinski definition) is 2. The molecule has 4 aromatic rings. The molecule has 0 bridgehead atoms. The quantitative estimate of drug-likeness (QED) is 0.429. The van der Waals surface area contributed by atoms with E-state index >= 15 is 0 Å². The van der Waals surface area contributed by atoms with Crippen molar-refractivity contribution >= 4 is 21.9 Å². The Kier molecular flexibility index (Phi) is 3.61. The SMILES string of the molecule is [2H]c1cc(C([2H])([2H])C(C)C)cc(-c2c(C)cc(C)c3c2oc2cccc(C#N)c23)[n+]1C. The standard InChI is InChI=1S/C25H25N2O/c1-15(2)11-18-9-10-27(5)20(13-18)22-16(3)12-17(4)23-24-19(14-26)7-6-8-21(24)28-25(22)23/h6-10,12-13,15H,11H2,1-5H3/q+1/i10D,11D2. The predicted octanol–water partition coefficient (Wildman–Crippen LogP) is 5.76. The number of hydrogen-bond donors (Lipinski definition) is 0. The van der Waals surface area contributed by atoms with E-state index in [9.17, 15) is 5.26 Å². The molecule has 0 amide bonds. The molecule has 0 saturated heterocycles. The highest BCUT2D eigenvalue weighted by Gasteiger charge is 2.23. The summed E-state index contributed by atoms with van der Waals surface area (Å²) in [6, 6.07) is 13.2.